The second-order valence-corrected chi connectivity index (χ2v) is 31.1. The molecule has 2 N–H and O–H groups in total. The maximum absolute atomic E-state index is 15.0. The van der Waals surface area contributed by atoms with Gasteiger partial charge in [-0.2, -0.15) is 0 Å². The highest BCUT2D eigenvalue weighted by atomic mass is 28.4. The molecular weight excluding hydrogens is 911 g/mol. The summed E-state index contributed by atoms with van der Waals surface area (Å²) in [6, 6.07) is -0.101. The van der Waals surface area contributed by atoms with Crippen molar-refractivity contribution >= 4 is 34.5 Å². The Morgan fingerprint density at radius 2 is 1.60 bits per heavy atom. The molecule has 0 amide bonds. The van der Waals surface area contributed by atoms with Gasteiger partial charge in [-0.25, -0.2) is 14.3 Å². The average molecular weight is 996 g/mol. The molecule has 1 aromatic rings. The van der Waals surface area contributed by atoms with E-state index in [1.165, 1.54) is 32.6 Å². The lowest BCUT2D eigenvalue weighted by Gasteiger charge is -2.51. The SMILES string of the molecule is C=CCO[C@]1(C)C[C@@H](C)C(=O)/C(C)=C(\O)[C@](C)(OC(=O)n2ccnc2)[C@@H](CC)OC(=O)[C@H](C)[C@@H](O[C@H]2C[C@](C)(O)[C@@H](O[Si](C)(C)C)[C@H](C)O2)[C@H](C)[C@H]1O[C@@H]1O[C@H](C)C[C@H](N(C)C)[C@H]1O[Si](C)(C)C. The van der Waals surface area contributed by atoms with Crippen LogP contribution >= 0.6 is 0 Å². The van der Waals surface area contributed by atoms with E-state index < -0.39 is 124 Å². The smallest absolute Gasteiger partial charge is 0.420 e. The molecule has 17 nitrogen and oxygen atoms in total. The zero-order valence-electron chi connectivity index (χ0n) is 44.2. The van der Waals surface area contributed by atoms with Crippen molar-refractivity contribution in [2.75, 3.05) is 20.7 Å². The number of aliphatic hydroxyl groups is 2. The van der Waals surface area contributed by atoms with Crippen LogP contribution in [0.2, 0.25) is 39.3 Å². The Hall–Kier alpha value is -2.83. The van der Waals surface area contributed by atoms with Gasteiger partial charge in [0, 0.05) is 42.3 Å². The number of carbonyl (C=O) groups is 3. The van der Waals surface area contributed by atoms with Crippen LogP contribution in [0.15, 0.2) is 42.7 Å². The van der Waals surface area contributed by atoms with Gasteiger partial charge in [-0.05, 0) is 121 Å². The number of Topliss-reactive ketones (excluding diaryl/α,β-unsaturated/α-hetero) is 1. The molecule has 3 aliphatic rings. The molecule has 0 aliphatic carbocycles. The lowest BCUT2D eigenvalue weighted by molar-refractivity contribution is -0.316. The number of likely N-dealkylation sites (N-methyl/N-ethyl adjacent to an activating group) is 1. The Bertz CT molecular complexity index is 1900. The summed E-state index contributed by atoms with van der Waals surface area (Å²) in [5.41, 5.74) is -4.90. The summed E-state index contributed by atoms with van der Waals surface area (Å²) in [4.78, 5) is 49.5. The summed E-state index contributed by atoms with van der Waals surface area (Å²) in [6.07, 6.45) is -2.00. The molecule has 2 fully saturated rings. The maximum Gasteiger partial charge on any atom is 0.420 e. The van der Waals surface area contributed by atoms with Crippen LogP contribution in [0, 0.1) is 17.8 Å². The zero-order chi connectivity index (χ0) is 51.5. The third kappa shape index (κ3) is 14.0. The number of nitrogens with zero attached hydrogens (tertiary/aromatic N) is 3. The van der Waals surface area contributed by atoms with Crippen molar-refractivity contribution in [2.24, 2.45) is 17.8 Å². The van der Waals surface area contributed by atoms with Crippen molar-refractivity contribution in [3.63, 3.8) is 0 Å². The maximum atomic E-state index is 15.0. The van der Waals surface area contributed by atoms with Crippen LogP contribution in [0.1, 0.15) is 94.9 Å². The van der Waals surface area contributed by atoms with Crippen LogP contribution in [0.5, 0.6) is 0 Å². The molecular formula is C49H85N3O14Si2. The Morgan fingerprint density at radius 1 is 0.971 bits per heavy atom. The molecule has 3 aliphatic heterocycles. The normalized spacial score (nSPS) is 39.6. The first-order chi connectivity index (χ1) is 31.3. The lowest BCUT2D eigenvalue weighted by Crippen LogP contribution is -2.62. The molecule has 0 unspecified atom stereocenters. The van der Waals surface area contributed by atoms with Gasteiger partial charge < -0.3 is 57.1 Å². The van der Waals surface area contributed by atoms with Crippen molar-refractivity contribution in [3.05, 3.63) is 42.7 Å². The van der Waals surface area contributed by atoms with Gasteiger partial charge in [0.2, 0.25) is 5.60 Å². The van der Waals surface area contributed by atoms with E-state index in [9.17, 15) is 24.6 Å². The molecule has 19 heteroatoms. The predicted molar refractivity (Wildman–Crippen MR) is 262 cm³/mol. The molecule has 0 aromatic carbocycles. The van der Waals surface area contributed by atoms with E-state index in [2.05, 4.69) is 36.1 Å². The van der Waals surface area contributed by atoms with Crippen molar-refractivity contribution in [2.45, 2.75) is 212 Å². The lowest BCUT2D eigenvalue weighted by atomic mass is 9.76. The molecule has 4 heterocycles. The highest BCUT2D eigenvalue weighted by molar-refractivity contribution is 6.70. The monoisotopic (exact) mass is 996 g/mol. The number of imidazole rings is 1. The van der Waals surface area contributed by atoms with E-state index >= 15 is 0 Å². The third-order valence-electron chi connectivity index (χ3n) is 13.4. The topological polar surface area (TPSA) is 196 Å². The summed E-state index contributed by atoms with van der Waals surface area (Å²) < 4.78 is 61.3. The van der Waals surface area contributed by atoms with Gasteiger partial charge in [0.05, 0.1) is 54.2 Å². The molecule has 0 bridgehead atoms. The van der Waals surface area contributed by atoms with Gasteiger partial charge in [-0.3, -0.25) is 9.59 Å². The molecule has 0 saturated carbocycles. The number of ether oxygens (including phenoxy) is 7. The summed E-state index contributed by atoms with van der Waals surface area (Å²) in [5.74, 6) is -4.53. The fourth-order valence-corrected chi connectivity index (χ4v) is 12.4. The van der Waals surface area contributed by atoms with Gasteiger partial charge in [0.15, 0.2) is 35.0 Å². The molecule has 0 radical (unpaired) electrons. The molecule has 4 rings (SSSR count). The Balaban J connectivity index is 2.00. The summed E-state index contributed by atoms with van der Waals surface area (Å²) in [6.45, 7) is 33.7. The highest BCUT2D eigenvalue weighted by Crippen LogP contribution is 2.43. The average Bonchev–Trinajstić information content (AvgIpc) is 3.78. The number of hydrogen-bond donors (Lipinski definition) is 2. The molecule has 68 heavy (non-hydrogen) atoms. The highest BCUT2D eigenvalue weighted by Gasteiger charge is 2.55. The van der Waals surface area contributed by atoms with Gasteiger partial charge >= 0.3 is 12.1 Å². The van der Waals surface area contributed by atoms with Crippen LogP contribution in [0.3, 0.4) is 0 Å². The van der Waals surface area contributed by atoms with Crippen molar-refractivity contribution in [3.8, 4) is 0 Å². The van der Waals surface area contributed by atoms with Crippen LogP contribution in [-0.4, -0.2) is 158 Å². The number of carbonyl (C=O) groups excluding carboxylic acids is 3. The van der Waals surface area contributed by atoms with Crippen LogP contribution < -0.4 is 0 Å². The number of rotatable bonds is 14. The standard InChI is InChI=1S/C49H85N3O14Si2/c1-20-24-58-48(10)26-29(3)38(53)31(5)41(54)49(11,64-46(56)52-23-22-50-28-52)36(21-2)61-44(55)33(7)39(62-37-27-47(9,57)43(34(8)60-37)66-68(17,18)19)32(6)42(48)63-45-40(65-67(14,15)16)35(51(12)13)25-30(4)59-45/h20,22-23,28-30,32-37,39-40,42-43,45,54,57H,1,21,24-27H2,2-19H3/b41-31-/t29-,30-,32+,33-,34+,35+,36-,37+,39+,40-,42-,43+,45+,47+,48-,49-/m1/s1. The van der Waals surface area contributed by atoms with Gasteiger partial charge in [-0.15, -0.1) is 6.58 Å². The predicted octanol–water partition coefficient (Wildman–Crippen LogP) is 7.78. The number of aromatic nitrogens is 2. The molecule has 16 atom stereocenters. The fourth-order valence-electron chi connectivity index (χ4n) is 10.1. The van der Waals surface area contributed by atoms with E-state index in [0.717, 1.165) is 4.57 Å². The Morgan fingerprint density at radius 3 is 2.13 bits per heavy atom. The minimum atomic E-state index is -2.25. The van der Waals surface area contributed by atoms with Gasteiger partial charge in [0.1, 0.15) is 24.3 Å². The van der Waals surface area contributed by atoms with E-state index in [1.807, 2.05) is 61.4 Å². The van der Waals surface area contributed by atoms with Gasteiger partial charge in [0.25, 0.3) is 0 Å². The second-order valence-electron chi connectivity index (χ2n) is 22.2. The van der Waals surface area contributed by atoms with E-state index in [-0.39, 0.29) is 43.6 Å². The Kier molecular flexibility index (Phi) is 19.3. The number of ketones is 1. The molecule has 388 valence electrons. The molecule has 0 spiro atoms. The zero-order valence-corrected chi connectivity index (χ0v) is 46.2. The minimum absolute atomic E-state index is 0.00351. The largest absolute Gasteiger partial charge is 0.507 e. The molecule has 1 aromatic heterocycles. The van der Waals surface area contributed by atoms with Crippen LogP contribution in [-0.2, 0) is 51.6 Å². The summed E-state index contributed by atoms with van der Waals surface area (Å²) in [5, 5.41) is 24.3. The first-order valence-electron chi connectivity index (χ1n) is 24.3. The summed E-state index contributed by atoms with van der Waals surface area (Å²) in [7, 11) is -0.401. The van der Waals surface area contributed by atoms with E-state index in [1.54, 1.807) is 33.8 Å². The van der Waals surface area contributed by atoms with Crippen molar-refractivity contribution in [1.29, 1.82) is 0 Å². The fraction of sp³-hybridized carbons (Fsp3) is 0.796. The quantitative estimate of drug-likeness (QED) is 0.104. The second kappa shape index (κ2) is 22.7. The van der Waals surface area contributed by atoms with Crippen molar-refractivity contribution < 1.29 is 66.6 Å². The van der Waals surface area contributed by atoms with E-state index in [4.69, 9.17) is 42.0 Å². The van der Waals surface area contributed by atoms with Crippen molar-refractivity contribution in [1.82, 2.24) is 14.5 Å². The first kappa shape index (κ1) is 57.8. The number of allylic oxidation sites excluding steroid dienone is 1. The van der Waals surface area contributed by atoms with Crippen LogP contribution in [0.25, 0.3) is 0 Å². The summed E-state index contributed by atoms with van der Waals surface area (Å²) >= 11 is 0. The van der Waals surface area contributed by atoms with Crippen LogP contribution in [0.4, 0.5) is 4.79 Å². The van der Waals surface area contributed by atoms with Gasteiger partial charge in [-0.1, -0.05) is 26.8 Å². The number of aliphatic hydroxyl groups excluding tert-OH is 1. The molecule has 2 saturated heterocycles. The minimum Gasteiger partial charge on any atom is -0.507 e. The first-order valence-corrected chi connectivity index (χ1v) is 31.1. The number of cyclic esters (lactones) is 1. The Labute approximate surface area is 407 Å². The number of esters is 1. The van der Waals surface area contributed by atoms with E-state index in [0.29, 0.717) is 6.42 Å². The third-order valence-corrected chi connectivity index (χ3v) is 15.3. The number of hydrogen-bond acceptors (Lipinski definition) is 16.